The molecule has 0 spiro atoms. The number of carbonyl (C=O) groups excluding carboxylic acids is 1. The standard InChI is InChI=1S/C15H19ClFNO2/c16-14-3-1-2-11(15(14)17)10-12(19)6-9-20-13-4-7-18-8-5-13/h1-3,13,18H,4-10H2. The highest BCUT2D eigenvalue weighted by Crippen LogP contribution is 2.18. The molecule has 0 aromatic heterocycles. The SMILES string of the molecule is O=C(CCOC1CCNCC1)Cc1cccc(Cl)c1F. The van der Waals surface area contributed by atoms with Crippen LogP contribution in [0.15, 0.2) is 18.2 Å². The third-order valence-corrected chi connectivity index (χ3v) is 3.73. The minimum absolute atomic E-state index is 0.0277. The summed E-state index contributed by atoms with van der Waals surface area (Å²) in [5, 5.41) is 3.31. The van der Waals surface area contributed by atoms with E-state index in [-0.39, 0.29) is 23.3 Å². The van der Waals surface area contributed by atoms with Crippen LogP contribution in [0.1, 0.15) is 24.8 Å². The molecule has 1 fully saturated rings. The molecule has 1 aromatic rings. The molecule has 1 saturated heterocycles. The van der Waals surface area contributed by atoms with Gasteiger partial charge in [0, 0.05) is 12.8 Å². The van der Waals surface area contributed by atoms with Gasteiger partial charge in [0.05, 0.1) is 17.7 Å². The highest BCUT2D eigenvalue weighted by molar-refractivity contribution is 6.30. The van der Waals surface area contributed by atoms with Gasteiger partial charge in [0.25, 0.3) is 0 Å². The fourth-order valence-electron chi connectivity index (χ4n) is 2.29. The van der Waals surface area contributed by atoms with Gasteiger partial charge < -0.3 is 10.1 Å². The molecule has 0 bridgehead atoms. The predicted octanol–water partition coefficient (Wildman–Crippen LogP) is 2.75. The lowest BCUT2D eigenvalue weighted by molar-refractivity contribution is -0.120. The van der Waals surface area contributed by atoms with Gasteiger partial charge in [-0.15, -0.1) is 0 Å². The first kappa shape index (κ1) is 15.4. The number of benzene rings is 1. The van der Waals surface area contributed by atoms with E-state index >= 15 is 0 Å². The van der Waals surface area contributed by atoms with E-state index in [2.05, 4.69) is 5.32 Å². The first-order chi connectivity index (χ1) is 9.66. The van der Waals surface area contributed by atoms with Crippen LogP contribution in [0.2, 0.25) is 5.02 Å². The number of carbonyl (C=O) groups is 1. The normalized spacial score (nSPS) is 16.3. The van der Waals surface area contributed by atoms with E-state index < -0.39 is 5.82 Å². The fourth-order valence-corrected chi connectivity index (χ4v) is 2.48. The van der Waals surface area contributed by atoms with Crippen molar-refractivity contribution < 1.29 is 13.9 Å². The molecule has 1 aromatic carbocycles. The summed E-state index contributed by atoms with van der Waals surface area (Å²) in [6.45, 7) is 2.34. The highest BCUT2D eigenvalue weighted by Gasteiger charge is 2.15. The molecule has 20 heavy (non-hydrogen) atoms. The van der Waals surface area contributed by atoms with Gasteiger partial charge in [-0.2, -0.15) is 0 Å². The average molecular weight is 300 g/mol. The molecule has 0 saturated carbocycles. The van der Waals surface area contributed by atoms with Crippen molar-refractivity contribution in [1.82, 2.24) is 5.32 Å². The van der Waals surface area contributed by atoms with Crippen molar-refractivity contribution in [2.75, 3.05) is 19.7 Å². The summed E-state index contributed by atoms with van der Waals surface area (Å²) in [6.07, 6.45) is 2.60. The first-order valence-electron chi connectivity index (χ1n) is 6.93. The second-order valence-electron chi connectivity index (χ2n) is 5.00. The summed E-state index contributed by atoms with van der Waals surface area (Å²) in [4.78, 5) is 11.8. The maximum Gasteiger partial charge on any atom is 0.145 e. The third kappa shape index (κ3) is 4.54. The number of ketones is 1. The molecule has 3 nitrogen and oxygen atoms in total. The van der Waals surface area contributed by atoms with E-state index in [0.29, 0.717) is 18.6 Å². The Morgan fingerprint density at radius 3 is 2.90 bits per heavy atom. The van der Waals surface area contributed by atoms with Crippen molar-refractivity contribution in [3.8, 4) is 0 Å². The summed E-state index contributed by atoms with van der Waals surface area (Å²) in [7, 11) is 0. The molecule has 0 amide bonds. The van der Waals surface area contributed by atoms with E-state index in [1.54, 1.807) is 12.1 Å². The Bertz CT molecular complexity index is 461. The highest BCUT2D eigenvalue weighted by atomic mass is 35.5. The third-order valence-electron chi connectivity index (χ3n) is 3.44. The van der Waals surface area contributed by atoms with Gasteiger partial charge in [-0.25, -0.2) is 4.39 Å². The number of halogens is 2. The van der Waals surface area contributed by atoms with Crippen LogP contribution >= 0.6 is 11.6 Å². The maximum atomic E-state index is 13.7. The van der Waals surface area contributed by atoms with Gasteiger partial charge in [0.2, 0.25) is 0 Å². The van der Waals surface area contributed by atoms with Crippen molar-refractivity contribution >= 4 is 17.4 Å². The van der Waals surface area contributed by atoms with Crippen molar-refractivity contribution in [2.45, 2.75) is 31.8 Å². The molecule has 2 rings (SSSR count). The van der Waals surface area contributed by atoms with E-state index in [4.69, 9.17) is 16.3 Å². The van der Waals surface area contributed by atoms with Gasteiger partial charge in [-0.3, -0.25) is 4.79 Å². The molecule has 1 aliphatic rings. The monoisotopic (exact) mass is 299 g/mol. The van der Waals surface area contributed by atoms with Crippen LogP contribution in [0.25, 0.3) is 0 Å². The molecule has 1 heterocycles. The second-order valence-corrected chi connectivity index (χ2v) is 5.41. The Balaban J connectivity index is 1.73. The summed E-state index contributed by atoms with van der Waals surface area (Å²) >= 11 is 5.69. The molecule has 0 radical (unpaired) electrons. The van der Waals surface area contributed by atoms with Crippen LogP contribution in [0.4, 0.5) is 4.39 Å². The lowest BCUT2D eigenvalue weighted by Gasteiger charge is -2.22. The number of hydrogen-bond acceptors (Lipinski definition) is 3. The molecular weight excluding hydrogens is 281 g/mol. The summed E-state index contributed by atoms with van der Waals surface area (Å²) < 4.78 is 19.3. The maximum absolute atomic E-state index is 13.7. The van der Waals surface area contributed by atoms with Crippen molar-refractivity contribution in [3.05, 3.63) is 34.6 Å². The van der Waals surface area contributed by atoms with Crippen LogP contribution in [-0.2, 0) is 16.0 Å². The van der Waals surface area contributed by atoms with Gasteiger partial charge in [0.1, 0.15) is 11.6 Å². The van der Waals surface area contributed by atoms with E-state index in [1.807, 2.05) is 0 Å². The number of ether oxygens (including phenoxy) is 1. The largest absolute Gasteiger partial charge is 0.378 e. The summed E-state index contributed by atoms with van der Waals surface area (Å²) in [5.74, 6) is -0.526. The number of rotatable bonds is 6. The van der Waals surface area contributed by atoms with Crippen LogP contribution in [-0.4, -0.2) is 31.6 Å². The predicted molar refractivity (Wildman–Crippen MR) is 76.6 cm³/mol. The zero-order valence-corrected chi connectivity index (χ0v) is 12.1. The summed E-state index contributed by atoms with van der Waals surface area (Å²) in [5.41, 5.74) is 0.351. The zero-order chi connectivity index (χ0) is 14.4. The van der Waals surface area contributed by atoms with Gasteiger partial charge in [-0.1, -0.05) is 23.7 Å². The van der Waals surface area contributed by atoms with Gasteiger partial charge in [0.15, 0.2) is 0 Å². The van der Waals surface area contributed by atoms with Crippen molar-refractivity contribution in [3.63, 3.8) is 0 Å². The van der Waals surface area contributed by atoms with Crippen LogP contribution in [0.5, 0.6) is 0 Å². The van der Waals surface area contributed by atoms with Crippen molar-refractivity contribution in [1.29, 1.82) is 0 Å². The molecule has 0 aliphatic carbocycles. The zero-order valence-electron chi connectivity index (χ0n) is 11.3. The molecule has 110 valence electrons. The Morgan fingerprint density at radius 1 is 1.40 bits per heavy atom. The fraction of sp³-hybridized carbons (Fsp3) is 0.533. The van der Waals surface area contributed by atoms with E-state index in [1.165, 1.54) is 6.07 Å². The average Bonchev–Trinajstić information content (AvgIpc) is 2.45. The molecule has 0 unspecified atom stereocenters. The lowest BCUT2D eigenvalue weighted by Crippen LogP contribution is -2.32. The van der Waals surface area contributed by atoms with Crippen LogP contribution in [0, 0.1) is 5.82 Å². The Morgan fingerprint density at radius 2 is 2.15 bits per heavy atom. The number of hydrogen-bond donors (Lipinski definition) is 1. The van der Waals surface area contributed by atoms with Gasteiger partial charge in [-0.05, 0) is 37.6 Å². The molecule has 5 heteroatoms. The minimum atomic E-state index is -0.498. The van der Waals surface area contributed by atoms with Gasteiger partial charge >= 0.3 is 0 Å². The molecule has 1 N–H and O–H groups in total. The number of Topliss-reactive ketones (excluding diaryl/α,β-unsaturated/α-hetero) is 1. The molecule has 1 aliphatic heterocycles. The van der Waals surface area contributed by atoms with E-state index in [0.717, 1.165) is 25.9 Å². The summed E-state index contributed by atoms with van der Waals surface area (Å²) in [6, 6.07) is 4.72. The first-order valence-corrected chi connectivity index (χ1v) is 7.31. The quantitative estimate of drug-likeness (QED) is 0.878. The molecular formula is C15H19ClFNO2. The number of piperidine rings is 1. The smallest absolute Gasteiger partial charge is 0.145 e. The molecule has 0 atom stereocenters. The van der Waals surface area contributed by atoms with Crippen molar-refractivity contribution in [2.24, 2.45) is 0 Å². The topological polar surface area (TPSA) is 38.3 Å². The van der Waals surface area contributed by atoms with E-state index in [9.17, 15) is 9.18 Å². The van der Waals surface area contributed by atoms with Crippen LogP contribution in [0.3, 0.4) is 0 Å². The minimum Gasteiger partial charge on any atom is -0.378 e. The Hall–Kier alpha value is -0.970. The second kappa shape index (κ2) is 7.72. The van der Waals surface area contributed by atoms with Crippen LogP contribution < -0.4 is 5.32 Å². The Kier molecular flexibility index (Phi) is 5.95. The lowest BCUT2D eigenvalue weighted by atomic mass is 10.1. The number of nitrogens with one attached hydrogen (secondary N) is 1. The Labute approximate surface area is 123 Å².